The highest BCUT2D eigenvalue weighted by atomic mass is 32.1. The maximum atomic E-state index is 13.7. The smallest absolute Gasteiger partial charge is 0.260 e. The molecule has 0 atom stereocenters. The molecule has 0 bridgehead atoms. The summed E-state index contributed by atoms with van der Waals surface area (Å²) in [5.41, 5.74) is 2.74. The largest absolute Gasteiger partial charge is 0.493 e. The summed E-state index contributed by atoms with van der Waals surface area (Å²) in [5.74, 6) is 1.04. The van der Waals surface area contributed by atoms with Gasteiger partial charge in [-0.05, 0) is 48.7 Å². The minimum Gasteiger partial charge on any atom is -0.493 e. The summed E-state index contributed by atoms with van der Waals surface area (Å²) >= 11 is 1.57. The Kier molecular flexibility index (Phi) is 7.80. The zero-order valence-corrected chi connectivity index (χ0v) is 20.3. The van der Waals surface area contributed by atoms with Crippen LogP contribution in [0.25, 0.3) is 10.2 Å². The normalized spacial score (nSPS) is 14.4. The van der Waals surface area contributed by atoms with Crippen LogP contribution < -0.4 is 14.4 Å². The van der Waals surface area contributed by atoms with Crippen LogP contribution in [0.2, 0.25) is 0 Å². The average molecular weight is 470 g/mol. The lowest BCUT2D eigenvalue weighted by Gasteiger charge is -2.27. The maximum absolute atomic E-state index is 13.7. The van der Waals surface area contributed by atoms with Gasteiger partial charge in [-0.1, -0.05) is 24.3 Å². The Bertz CT molecular complexity index is 1090. The summed E-state index contributed by atoms with van der Waals surface area (Å²) in [5, 5.41) is 0.722. The number of ether oxygens (including phenoxy) is 3. The van der Waals surface area contributed by atoms with Gasteiger partial charge in [0.25, 0.3) is 5.91 Å². The predicted octanol–water partition coefficient (Wildman–Crippen LogP) is 4.25. The number of benzene rings is 2. The third-order valence-electron chi connectivity index (χ3n) is 5.92. The first-order chi connectivity index (χ1) is 16.1. The second-order valence-electron chi connectivity index (χ2n) is 7.99. The predicted molar refractivity (Wildman–Crippen MR) is 132 cm³/mol. The summed E-state index contributed by atoms with van der Waals surface area (Å²) in [7, 11) is 3.16. The highest BCUT2D eigenvalue weighted by molar-refractivity contribution is 7.22. The highest BCUT2D eigenvalue weighted by Gasteiger charge is 2.23. The number of hydrogen-bond donors (Lipinski definition) is 0. The van der Waals surface area contributed by atoms with Gasteiger partial charge < -0.3 is 14.2 Å². The molecular weight excluding hydrogens is 438 g/mol. The standard InChI is InChI=1S/C25H31N3O4S/c1-4-18-6-8-20-23(16-18)33-25(26-20)28(11-5-10-27-12-14-32-15-13-27)24(29)19-7-9-21(30-2)22(17-19)31-3/h6-9,16-17H,4-5,10-15H2,1-3H3. The first-order valence-electron chi connectivity index (χ1n) is 11.4. The number of carbonyl (C=O) groups excluding carboxylic acids is 1. The Morgan fingerprint density at radius 3 is 2.64 bits per heavy atom. The minimum atomic E-state index is -0.0901. The lowest BCUT2D eigenvalue weighted by Crippen LogP contribution is -2.39. The SMILES string of the molecule is CCc1ccc2nc(N(CCCN3CCOCC3)C(=O)c3ccc(OC)c(OC)c3)sc2c1. The number of morpholine rings is 1. The molecular formula is C25H31N3O4S. The van der Waals surface area contributed by atoms with Gasteiger partial charge in [0, 0.05) is 31.7 Å². The van der Waals surface area contributed by atoms with Crippen molar-refractivity contribution in [3.63, 3.8) is 0 Å². The van der Waals surface area contributed by atoms with E-state index in [0.717, 1.165) is 61.0 Å². The van der Waals surface area contributed by atoms with E-state index in [1.165, 1.54) is 5.56 Å². The molecule has 7 nitrogen and oxygen atoms in total. The second-order valence-corrected chi connectivity index (χ2v) is 9.00. The fourth-order valence-electron chi connectivity index (χ4n) is 3.98. The molecule has 0 spiro atoms. The van der Waals surface area contributed by atoms with E-state index in [9.17, 15) is 4.79 Å². The van der Waals surface area contributed by atoms with Crippen LogP contribution in [0.4, 0.5) is 5.13 Å². The molecule has 0 N–H and O–H groups in total. The van der Waals surface area contributed by atoms with Gasteiger partial charge in [-0.15, -0.1) is 0 Å². The average Bonchev–Trinajstić information content (AvgIpc) is 3.29. The van der Waals surface area contributed by atoms with E-state index < -0.39 is 0 Å². The highest BCUT2D eigenvalue weighted by Crippen LogP contribution is 2.33. The molecule has 1 aromatic heterocycles. The van der Waals surface area contributed by atoms with E-state index in [0.29, 0.717) is 23.6 Å². The molecule has 176 valence electrons. The summed E-state index contributed by atoms with van der Waals surface area (Å²) < 4.78 is 17.3. The lowest BCUT2D eigenvalue weighted by atomic mass is 10.1. The molecule has 33 heavy (non-hydrogen) atoms. The lowest BCUT2D eigenvalue weighted by molar-refractivity contribution is 0.0376. The number of amides is 1. The number of thiazole rings is 1. The van der Waals surface area contributed by atoms with E-state index in [-0.39, 0.29) is 5.91 Å². The summed E-state index contributed by atoms with van der Waals surface area (Å²) in [6.07, 6.45) is 1.83. The minimum absolute atomic E-state index is 0.0901. The Labute approximate surface area is 198 Å². The first-order valence-corrected chi connectivity index (χ1v) is 12.2. The van der Waals surface area contributed by atoms with Crippen LogP contribution >= 0.6 is 11.3 Å². The molecule has 1 amide bonds. The molecule has 8 heteroatoms. The molecule has 0 radical (unpaired) electrons. The van der Waals surface area contributed by atoms with Crippen molar-refractivity contribution >= 4 is 32.6 Å². The Morgan fingerprint density at radius 2 is 1.91 bits per heavy atom. The molecule has 1 saturated heterocycles. The van der Waals surface area contributed by atoms with Crippen LogP contribution in [0.3, 0.4) is 0 Å². The maximum Gasteiger partial charge on any atom is 0.260 e. The molecule has 4 rings (SSSR count). The Hall–Kier alpha value is -2.68. The Morgan fingerprint density at radius 1 is 1.12 bits per heavy atom. The van der Waals surface area contributed by atoms with Crippen molar-refractivity contribution in [1.29, 1.82) is 0 Å². The van der Waals surface area contributed by atoms with Gasteiger partial charge in [-0.2, -0.15) is 0 Å². The second kappa shape index (κ2) is 11.0. The third-order valence-corrected chi connectivity index (χ3v) is 6.96. The van der Waals surface area contributed by atoms with E-state index in [4.69, 9.17) is 19.2 Å². The van der Waals surface area contributed by atoms with Crippen molar-refractivity contribution in [2.24, 2.45) is 0 Å². The van der Waals surface area contributed by atoms with Crippen LogP contribution in [0.15, 0.2) is 36.4 Å². The number of anilines is 1. The van der Waals surface area contributed by atoms with Crippen molar-refractivity contribution in [2.45, 2.75) is 19.8 Å². The van der Waals surface area contributed by atoms with Gasteiger partial charge in [0.2, 0.25) is 0 Å². The van der Waals surface area contributed by atoms with Crippen molar-refractivity contribution in [3.8, 4) is 11.5 Å². The molecule has 0 unspecified atom stereocenters. The number of rotatable bonds is 9. The summed E-state index contributed by atoms with van der Waals surface area (Å²) in [6, 6.07) is 11.6. The molecule has 3 aromatic rings. The van der Waals surface area contributed by atoms with Crippen molar-refractivity contribution in [3.05, 3.63) is 47.5 Å². The fraction of sp³-hybridized carbons (Fsp3) is 0.440. The van der Waals surface area contributed by atoms with E-state index in [1.54, 1.807) is 48.7 Å². The monoisotopic (exact) mass is 469 g/mol. The third kappa shape index (κ3) is 5.46. The number of aromatic nitrogens is 1. The van der Waals surface area contributed by atoms with Gasteiger partial charge in [0.1, 0.15) is 0 Å². The van der Waals surface area contributed by atoms with Crippen LogP contribution in [0, 0.1) is 0 Å². The molecule has 1 aliphatic heterocycles. The summed E-state index contributed by atoms with van der Waals surface area (Å²) in [6.45, 7) is 7.06. The van der Waals surface area contributed by atoms with Crippen LogP contribution in [0.1, 0.15) is 29.3 Å². The van der Waals surface area contributed by atoms with Crippen LogP contribution in [-0.2, 0) is 11.2 Å². The fourth-order valence-corrected chi connectivity index (χ4v) is 5.03. The van der Waals surface area contributed by atoms with E-state index >= 15 is 0 Å². The van der Waals surface area contributed by atoms with Gasteiger partial charge in [0.15, 0.2) is 16.6 Å². The number of methoxy groups -OCH3 is 2. The topological polar surface area (TPSA) is 64.1 Å². The van der Waals surface area contributed by atoms with Crippen LogP contribution in [0.5, 0.6) is 11.5 Å². The number of fused-ring (bicyclic) bond motifs is 1. The van der Waals surface area contributed by atoms with E-state index in [1.807, 2.05) is 6.07 Å². The van der Waals surface area contributed by atoms with Gasteiger partial charge >= 0.3 is 0 Å². The zero-order chi connectivity index (χ0) is 23.2. The van der Waals surface area contributed by atoms with Crippen molar-refractivity contribution in [2.75, 3.05) is 58.5 Å². The van der Waals surface area contributed by atoms with Crippen molar-refractivity contribution in [1.82, 2.24) is 9.88 Å². The number of aryl methyl sites for hydroxylation is 1. The number of hydrogen-bond acceptors (Lipinski definition) is 7. The van der Waals surface area contributed by atoms with Gasteiger partial charge in [-0.25, -0.2) is 4.98 Å². The van der Waals surface area contributed by atoms with Gasteiger partial charge in [-0.3, -0.25) is 14.6 Å². The molecule has 2 heterocycles. The Balaban J connectivity index is 1.61. The number of nitrogens with zero attached hydrogens (tertiary/aromatic N) is 3. The van der Waals surface area contributed by atoms with Gasteiger partial charge in [0.05, 0.1) is 37.6 Å². The van der Waals surface area contributed by atoms with E-state index in [2.05, 4.69) is 24.0 Å². The molecule has 1 aliphatic rings. The molecule has 0 aliphatic carbocycles. The quantitative estimate of drug-likeness (QED) is 0.467. The summed E-state index contributed by atoms with van der Waals surface area (Å²) in [4.78, 5) is 22.7. The zero-order valence-electron chi connectivity index (χ0n) is 19.5. The van der Waals surface area contributed by atoms with Crippen LogP contribution in [-0.4, -0.2) is 69.4 Å². The molecule has 1 fully saturated rings. The molecule has 2 aromatic carbocycles. The first kappa shape index (κ1) is 23.5. The number of carbonyl (C=O) groups is 1. The molecule has 0 saturated carbocycles. The van der Waals surface area contributed by atoms with Crippen molar-refractivity contribution < 1.29 is 19.0 Å².